The third kappa shape index (κ3) is 7.53. The molecule has 1 aliphatic heterocycles. The minimum absolute atomic E-state index is 0.209. The molecule has 2 rings (SSSR count). The van der Waals surface area contributed by atoms with E-state index in [1.807, 2.05) is 0 Å². The van der Waals surface area contributed by atoms with E-state index < -0.39 is 35.4 Å². The predicted octanol–water partition coefficient (Wildman–Crippen LogP) is 3.95. The van der Waals surface area contributed by atoms with E-state index in [4.69, 9.17) is 4.74 Å². The molecule has 11 heteroatoms. The number of alkyl halides is 3. The molecular weight excluding hydrogens is 455 g/mol. The van der Waals surface area contributed by atoms with Crippen LogP contribution in [0.2, 0.25) is 0 Å². The molecule has 1 aliphatic rings. The minimum atomic E-state index is -4.81. The quantitative estimate of drug-likeness (QED) is 0.680. The van der Waals surface area contributed by atoms with Gasteiger partial charge in [0.1, 0.15) is 17.4 Å². The summed E-state index contributed by atoms with van der Waals surface area (Å²) in [5.41, 5.74) is -1.24. The van der Waals surface area contributed by atoms with Gasteiger partial charge in [0.15, 0.2) is 0 Å². The van der Waals surface area contributed by atoms with Crippen molar-refractivity contribution in [2.24, 2.45) is 0 Å². The van der Waals surface area contributed by atoms with E-state index >= 15 is 0 Å². The lowest BCUT2D eigenvalue weighted by molar-refractivity contribution is -0.274. The van der Waals surface area contributed by atoms with Crippen LogP contribution in [0.15, 0.2) is 24.3 Å². The molecule has 0 aliphatic carbocycles. The summed E-state index contributed by atoms with van der Waals surface area (Å²) in [6, 6.07) is 3.95. The Bertz CT molecular complexity index is 895. The van der Waals surface area contributed by atoms with Crippen LogP contribution in [0.4, 0.5) is 18.0 Å². The van der Waals surface area contributed by atoms with Crippen molar-refractivity contribution in [3.63, 3.8) is 0 Å². The van der Waals surface area contributed by atoms with Crippen LogP contribution in [-0.4, -0.2) is 70.9 Å². The highest BCUT2D eigenvalue weighted by Crippen LogP contribution is 2.26. The molecule has 1 saturated heterocycles. The number of nitrogens with zero attached hydrogens (tertiary/aromatic N) is 2. The summed E-state index contributed by atoms with van der Waals surface area (Å²) in [4.78, 5) is 41.4. The Kier molecular flexibility index (Phi) is 8.10. The van der Waals surface area contributed by atoms with Crippen LogP contribution in [0.1, 0.15) is 58.3 Å². The summed E-state index contributed by atoms with van der Waals surface area (Å²) in [6.07, 6.45) is -5.13. The Balaban J connectivity index is 2.06. The van der Waals surface area contributed by atoms with Crippen molar-refractivity contribution in [2.45, 2.75) is 71.5 Å². The molecule has 190 valence electrons. The monoisotopic (exact) mass is 487 g/mol. The van der Waals surface area contributed by atoms with Gasteiger partial charge in [0.2, 0.25) is 5.91 Å². The maximum absolute atomic E-state index is 13.1. The lowest BCUT2D eigenvalue weighted by Gasteiger charge is -2.47. The average molecular weight is 488 g/mol. The molecule has 1 N–H and O–H groups in total. The van der Waals surface area contributed by atoms with Gasteiger partial charge >= 0.3 is 12.5 Å². The first-order chi connectivity index (χ1) is 15.5. The first-order valence-electron chi connectivity index (χ1n) is 11.0. The van der Waals surface area contributed by atoms with Crippen LogP contribution in [-0.2, 0) is 9.53 Å². The molecule has 34 heavy (non-hydrogen) atoms. The highest BCUT2D eigenvalue weighted by atomic mass is 19.4. The zero-order valence-electron chi connectivity index (χ0n) is 20.3. The summed E-state index contributed by atoms with van der Waals surface area (Å²) in [6.45, 7) is 11.2. The van der Waals surface area contributed by atoms with E-state index in [0.29, 0.717) is 6.42 Å². The maximum Gasteiger partial charge on any atom is 0.573 e. The fraction of sp³-hybridized carbons (Fsp3) is 0.609. The number of rotatable bonds is 5. The topological polar surface area (TPSA) is 88.2 Å². The Morgan fingerprint density at radius 2 is 1.68 bits per heavy atom. The number of ether oxygens (including phenoxy) is 2. The maximum atomic E-state index is 13.1. The molecule has 1 heterocycles. The SMILES string of the molecule is CC[C@H](NC(=O)OC(C)(C)C)C(=O)N1CCN(C(=O)c2ccc(OC(F)(F)F)cc2)C(C)(C)C1. The van der Waals surface area contributed by atoms with Gasteiger partial charge in [-0.05, 0) is 65.3 Å². The number of carbonyl (C=O) groups is 3. The van der Waals surface area contributed by atoms with Gasteiger partial charge in [-0.3, -0.25) is 9.59 Å². The third-order valence-corrected chi connectivity index (χ3v) is 5.19. The molecule has 0 bridgehead atoms. The van der Waals surface area contributed by atoms with E-state index in [9.17, 15) is 27.6 Å². The van der Waals surface area contributed by atoms with Gasteiger partial charge in [-0.25, -0.2) is 4.79 Å². The Labute approximate surface area is 197 Å². The van der Waals surface area contributed by atoms with Gasteiger partial charge in [-0.1, -0.05) is 6.92 Å². The van der Waals surface area contributed by atoms with E-state index in [1.54, 1.807) is 51.3 Å². The molecule has 1 fully saturated rings. The largest absolute Gasteiger partial charge is 0.573 e. The number of carbonyl (C=O) groups excluding carboxylic acids is 3. The summed E-state index contributed by atoms with van der Waals surface area (Å²) in [5.74, 6) is -1.06. The second kappa shape index (κ2) is 10.1. The van der Waals surface area contributed by atoms with Gasteiger partial charge < -0.3 is 24.6 Å². The Morgan fingerprint density at radius 1 is 1.09 bits per heavy atom. The summed E-state index contributed by atoms with van der Waals surface area (Å²) in [7, 11) is 0. The summed E-state index contributed by atoms with van der Waals surface area (Å²) in [5, 5.41) is 2.60. The van der Waals surface area contributed by atoms with Crippen molar-refractivity contribution in [2.75, 3.05) is 19.6 Å². The zero-order valence-corrected chi connectivity index (χ0v) is 20.3. The number of benzene rings is 1. The molecule has 0 aromatic heterocycles. The number of hydrogen-bond acceptors (Lipinski definition) is 5. The van der Waals surface area contributed by atoms with Crippen LogP contribution in [0, 0.1) is 0 Å². The Morgan fingerprint density at radius 3 is 2.15 bits per heavy atom. The number of piperazine rings is 1. The first kappa shape index (κ1) is 27.3. The lowest BCUT2D eigenvalue weighted by Crippen LogP contribution is -2.64. The van der Waals surface area contributed by atoms with Gasteiger partial charge in [0, 0.05) is 25.2 Å². The van der Waals surface area contributed by atoms with E-state index in [2.05, 4.69) is 10.1 Å². The van der Waals surface area contributed by atoms with Crippen molar-refractivity contribution >= 4 is 17.9 Å². The molecule has 0 radical (unpaired) electrons. The molecule has 8 nitrogen and oxygen atoms in total. The van der Waals surface area contributed by atoms with Gasteiger partial charge in [0.05, 0.1) is 5.54 Å². The van der Waals surface area contributed by atoms with Crippen LogP contribution < -0.4 is 10.1 Å². The van der Waals surface area contributed by atoms with E-state index in [1.165, 1.54) is 12.1 Å². The number of halogens is 3. The molecule has 0 saturated carbocycles. The van der Waals surface area contributed by atoms with E-state index in [0.717, 1.165) is 12.1 Å². The Hall–Kier alpha value is -2.98. The van der Waals surface area contributed by atoms with Crippen molar-refractivity contribution in [3.8, 4) is 5.75 Å². The van der Waals surface area contributed by atoms with Crippen molar-refractivity contribution in [1.82, 2.24) is 15.1 Å². The predicted molar refractivity (Wildman–Crippen MR) is 118 cm³/mol. The van der Waals surface area contributed by atoms with Gasteiger partial charge in [0.25, 0.3) is 5.91 Å². The smallest absolute Gasteiger partial charge is 0.444 e. The van der Waals surface area contributed by atoms with Crippen LogP contribution in [0.25, 0.3) is 0 Å². The molecule has 0 spiro atoms. The summed E-state index contributed by atoms with van der Waals surface area (Å²) >= 11 is 0. The number of hydrogen-bond donors (Lipinski definition) is 1. The van der Waals surface area contributed by atoms with E-state index in [-0.39, 0.29) is 37.0 Å². The fourth-order valence-corrected chi connectivity index (χ4v) is 3.68. The van der Waals surface area contributed by atoms with Crippen LogP contribution in [0.3, 0.4) is 0 Å². The standard InChI is InChI=1S/C23H32F3N3O5/c1-7-17(27-20(32)34-21(2,3)4)19(31)28-12-13-29(22(5,6)14-28)18(30)15-8-10-16(11-9-15)33-23(24,25)26/h8-11,17H,7,12-14H2,1-6H3,(H,27,32)/t17-/m0/s1. The molecule has 1 atom stereocenters. The highest BCUT2D eigenvalue weighted by molar-refractivity contribution is 5.95. The zero-order chi connectivity index (χ0) is 25.9. The molecule has 1 aromatic rings. The first-order valence-corrected chi connectivity index (χ1v) is 11.0. The van der Waals surface area contributed by atoms with Crippen molar-refractivity contribution in [1.29, 1.82) is 0 Å². The normalized spacial score (nSPS) is 17.1. The highest BCUT2D eigenvalue weighted by Gasteiger charge is 2.40. The molecule has 0 unspecified atom stereocenters. The number of nitrogens with one attached hydrogen (secondary N) is 1. The third-order valence-electron chi connectivity index (χ3n) is 5.19. The van der Waals surface area contributed by atoms with Gasteiger partial charge in [-0.2, -0.15) is 0 Å². The molecule has 1 aromatic carbocycles. The number of alkyl carbamates (subject to hydrolysis) is 1. The van der Waals surface area contributed by atoms with Crippen LogP contribution in [0.5, 0.6) is 5.75 Å². The van der Waals surface area contributed by atoms with Crippen molar-refractivity contribution in [3.05, 3.63) is 29.8 Å². The van der Waals surface area contributed by atoms with Gasteiger partial charge in [-0.15, -0.1) is 13.2 Å². The average Bonchev–Trinajstić information content (AvgIpc) is 2.68. The second-order valence-electron chi connectivity index (χ2n) is 9.71. The fourth-order valence-electron chi connectivity index (χ4n) is 3.68. The molecule has 3 amide bonds. The number of amides is 3. The van der Waals surface area contributed by atoms with Crippen LogP contribution >= 0.6 is 0 Å². The van der Waals surface area contributed by atoms with Crippen molar-refractivity contribution < 1.29 is 37.0 Å². The second-order valence-corrected chi connectivity index (χ2v) is 9.71. The summed E-state index contributed by atoms with van der Waals surface area (Å²) < 4.78 is 46.2. The minimum Gasteiger partial charge on any atom is -0.444 e. The molecular formula is C23H32F3N3O5. The lowest BCUT2D eigenvalue weighted by atomic mass is 9.96.